The van der Waals surface area contributed by atoms with Gasteiger partial charge in [0, 0.05) is 19.3 Å². The van der Waals surface area contributed by atoms with Gasteiger partial charge in [0.05, 0.1) is 0 Å². The Bertz CT molecular complexity index is 1240. The average Bonchev–Trinajstić information content (AvgIpc) is 3.40. The summed E-state index contributed by atoms with van der Waals surface area (Å²) in [5, 5.41) is 0. The second kappa shape index (κ2) is 63.2. The molecule has 0 aliphatic carbocycles. The van der Waals surface area contributed by atoms with E-state index in [1.54, 1.807) is 0 Å². The van der Waals surface area contributed by atoms with E-state index in [0.29, 0.717) is 19.3 Å². The summed E-state index contributed by atoms with van der Waals surface area (Å²) >= 11 is 0. The molecule has 0 amide bonds. The van der Waals surface area contributed by atoms with Gasteiger partial charge in [0.15, 0.2) is 6.10 Å². The van der Waals surface area contributed by atoms with E-state index in [-0.39, 0.29) is 31.1 Å². The molecule has 0 saturated carbocycles. The van der Waals surface area contributed by atoms with Crippen molar-refractivity contribution in [1.82, 2.24) is 0 Å². The Morgan fingerprint density at radius 2 is 0.500 bits per heavy atom. The molecule has 0 aromatic heterocycles. The molecule has 0 aromatic carbocycles. The van der Waals surface area contributed by atoms with Crippen molar-refractivity contribution >= 4 is 17.9 Å². The molecule has 1 unspecified atom stereocenters. The van der Waals surface area contributed by atoms with Gasteiger partial charge in [-0.15, -0.1) is 0 Å². The summed E-state index contributed by atoms with van der Waals surface area (Å²) < 4.78 is 16.9. The second-order valence-electron chi connectivity index (χ2n) is 22.4. The maximum Gasteiger partial charge on any atom is 0.306 e. The molecule has 0 heterocycles. The lowest BCUT2D eigenvalue weighted by Crippen LogP contribution is -2.30. The first-order valence-corrected chi connectivity index (χ1v) is 33.0. The number of carbonyl (C=O) groups is 3. The van der Waals surface area contributed by atoms with Gasteiger partial charge in [-0.25, -0.2) is 0 Å². The molecule has 6 heteroatoms. The van der Waals surface area contributed by atoms with Gasteiger partial charge in [-0.1, -0.05) is 308 Å². The minimum Gasteiger partial charge on any atom is -0.462 e. The summed E-state index contributed by atoms with van der Waals surface area (Å²) in [5.41, 5.74) is 0. The van der Waals surface area contributed by atoms with Crippen LogP contribution in [0.15, 0.2) is 36.5 Å². The second-order valence-corrected chi connectivity index (χ2v) is 22.4. The smallest absolute Gasteiger partial charge is 0.306 e. The van der Waals surface area contributed by atoms with E-state index in [1.165, 1.54) is 250 Å². The lowest BCUT2D eigenvalue weighted by atomic mass is 10.0. The highest BCUT2D eigenvalue weighted by Gasteiger charge is 2.19. The Morgan fingerprint density at radius 3 is 0.824 bits per heavy atom. The van der Waals surface area contributed by atoms with Crippen molar-refractivity contribution in [3.8, 4) is 0 Å². The van der Waals surface area contributed by atoms with Crippen LogP contribution in [0.5, 0.6) is 0 Å². The normalized spacial score (nSPS) is 12.2. The molecule has 0 aromatic rings. The molecule has 0 radical (unpaired) electrons. The SMILES string of the molecule is CCCC/C=C\CCCCCCCC(=O)OCC(COC(=O)CCCCCCCCCCCCCCCCCCCCCCCCCCCC)OC(=O)CCCCCCCCCCC/C=C\C/C=C\CCCCC. The summed E-state index contributed by atoms with van der Waals surface area (Å²) in [4.78, 5) is 38.3. The number of hydrogen-bond acceptors (Lipinski definition) is 6. The van der Waals surface area contributed by atoms with Gasteiger partial charge >= 0.3 is 17.9 Å². The average molecular weight is 1040 g/mol. The van der Waals surface area contributed by atoms with Crippen LogP contribution >= 0.6 is 0 Å². The van der Waals surface area contributed by atoms with Crippen molar-refractivity contribution in [2.45, 2.75) is 367 Å². The number of allylic oxidation sites excluding steroid dienone is 6. The molecule has 0 fully saturated rings. The Kier molecular flexibility index (Phi) is 61.1. The van der Waals surface area contributed by atoms with Crippen LogP contribution in [0.3, 0.4) is 0 Å². The van der Waals surface area contributed by atoms with Crippen LogP contribution in [-0.2, 0) is 28.6 Å². The minimum atomic E-state index is -0.776. The molecule has 1 atom stereocenters. The monoisotopic (exact) mass is 1040 g/mol. The number of hydrogen-bond donors (Lipinski definition) is 0. The van der Waals surface area contributed by atoms with Crippen LogP contribution in [0.2, 0.25) is 0 Å². The lowest BCUT2D eigenvalue weighted by molar-refractivity contribution is -0.167. The zero-order valence-corrected chi connectivity index (χ0v) is 49.9. The van der Waals surface area contributed by atoms with Crippen LogP contribution in [0.4, 0.5) is 0 Å². The van der Waals surface area contributed by atoms with E-state index in [4.69, 9.17) is 14.2 Å². The first kappa shape index (κ1) is 71.6. The molecule has 0 aliphatic heterocycles. The van der Waals surface area contributed by atoms with Crippen molar-refractivity contribution in [3.63, 3.8) is 0 Å². The predicted octanol–water partition coefficient (Wildman–Crippen LogP) is 22.4. The van der Waals surface area contributed by atoms with E-state index in [2.05, 4.69) is 57.2 Å². The molecule has 0 bridgehead atoms. The third-order valence-corrected chi connectivity index (χ3v) is 14.9. The highest BCUT2D eigenvalue weighted by Crippen LogP contribution is 2.18. The summed E-state index contributed by atoms with van der Waals surface area (Å²) in [5.74, 6) is -0.865. The van der Waals surface area contributed by atoms with Crippen LogP contribution < -0.4 is 0 Å². The molecule has 0 saturated heterocycles. The van der Waals surface area contributed by atoms with Crippen LogP contribution in [-0.4, -0.2) is 37.2 Å². The van der Waals surface area contributed by atoms with Gasteiger partial charge in [-0.3, -0.25) is 14.4 Å². The van der Waals surface area contributed by atoms with Crippen molar-refractivity contribution in [1.29, 1.82) is 0 Å². The lowest BCUT2D eigenvalue weighted by Gasteiger charge is -2.18. The molecule has 434 valence electrons. The summed E-state index contributed by atoms with van der Waals surface area (Å²) in [6, 6.07) is 0. The summed E-state index contributed by atoms with van der Waals surface area (Å²) in [7, 11) is 0. The summed E-state index contributed by atoms with van der Waals surface area (Å²) in [6.07, 6.45) is 77.4. The van der Waals surface area contributed by atoms with E-state index in [0.717, 1.165) is 70.6 Å². The van der Waals surface area contributed by atoms with Gasteiger partial charge in [0.2, 0.25) is 0 Å². The number of rotatable bonds is 61. The maximum atomic E-state index is 12.9. The van der Waals surface area contributed by atoms with Crippen LogP contribution in [0.25, 0.3) is 0 Å². The van der Waals surface area contributed by atoms with Crippen molar-refractivity contribution in [2.24, 2.45) is 0 Å². The first-order valence-electron chi connectivity index (χ1n) is 33.0. The Morgan fingerprint density at radius 1 is 0.270 bits per heavy atom. The molecular formula is C68H126O6. The Hall–Kier alpha value is -2.37. The molecule has 74 heavy (non-hydrogen) atoms. The predicted molar refractivity (Wildman–Crippen MR) is 321 cm³/mol. The van der Waals surface area contributed by atoms with Gasteiger partial charge in [-0.05, 0) is 70.6 Å². The van der Waals surface area contributed by atoms with Gasteiger partial charge < -0.3 is 14.2 Å². The number of esters is 3. The van der Waals surface area contributed by atoms with E-state index < -0.39 is 6.10 Å². The van der Waals surface area contributed by atoms with E-state index >= 15 is 0 Å². The van der Waals surface area contributed by atoms with E-state index in [9.17, 15) is 14.4 Å². The van der Waals surface area contributed by atoms with Crippen molar-refractivity contribution in [2.75, 3.05) is 13.2 Å². The number of carbonyl (C=O) groups excluding carboxylic acids is 3. The molecule has 0 N–H and O–H groups in total. The zero-order chi connectivity index (χ0) is 53.6. The fourth-order valence-corrected chi connectivity index (χ4v) is 9.87. The largest absolute Gasteiger partial charge is 0.462 e. The highest BCUT2D eigenvalue weighted by atomic mass is 16.6. The highest BCUT2D eigenvalue weighted by molar-refractivity contribution is 5.71. The third-order valence-electron chi connectivity index (χ3n) is 14.9. The minimum absolute atomic E-state index is 0.0724. The fourth-order valence-electron chi connectivity index (χ4n) is 9.87. The summed E-state index contributed by atoms with van der Waals surface area (Å²) in [6.45, 7) is 6.63. The maximum absolute atomic E-state index is 12.9. The van der Waals surface area contributed by atoms with E-state index in [1.807, 2.05) is 0 Å². The van der Waals surface area contributed by atoms with Crippen molar-refractivity contribution in [3.05, 3.63) is 36.5 Å². The van der Waals surface area contributed by atoms with Crippen LogP contribution in [0, 0.1) is 0 Å². The standard InChI is InChI=1S/C68H126O6/c1-4-7-10-13-16-19-22-24-26-28-30-31-32-33-34-35-36-38-39-41-43-46-49-52-55-58-61-67(70)73-64-65(63-72-66(69)60-57-54-51-48-45-21-18-15-12-9-6-3)74-68(71)62-59-56-53-50-47-44-42-40-37-29-27-25-23-20-17-14-11-8-5-2/h15,17-18,20,25,27,65H,4-14,16,19,21-24,26,28-64H2,1-3H3/b18-15-,20-17-,27-25-. The molecule has 6 nitrogen and oxygen atoms in total. The molecule has 0 rings (SSSR count). The Labute approximate surface area is 461 Å². The third kappa shape index (κ3) is 60.5. The fraction of sp³-hybridized carbons (Fsp3) is 0.868. The molecule has 0 spiro atoms. The number of ether oxygens (including phenoxy) is 3. The first-order chi connectivity index (χ1) is 36.5. The van der Waals surface area contributed by atoms with Gasteiger partial charge in [0.25, 0.3) is 0 Å². The topological polar surface area (TPSA) is 78.9 Å². The molecule has 0 aliphatic rings. The molecular weight excluding hydrogens is 913 g/mol. The number of unbranched alkanes of at least 4 members (excludes halogenated alkanes) is 44. The van der Waals surface area contributed by atoms with Crippen molar-refractivity contribution < 1.29 is 28.6 Å². The van der Waals surface area contributed by atoms with Crippen LogP contribution in [0.1, 0.15) is 361 Å². The van der Waals surface area contributed by atoms with Gasteiger partial charge in [0.1, 0.15) is 13.2 Å². The quantitative estimate of drug-likeness (QED) is 0.0261. The Balaban J connectivity index is 4.18. The zero-order valence-electron chi connectivity index (χ0n) is 49.9. The van der Waals surface area contributed by atoms with Gasteiger partial charge in [-0.2, -0.15) is 0 Å².